The van der Waals surface area contributed by atoms with Crippen LogP contribution in [-0.2, 0) is 0 Å². The van der Waals surface area contributed by atoms with Crippen LogP contribution in [0.2, 0.25) is 5.02 Å². The molecule has 0 radical (unpaired) electrons. The van der Waals surface area contributed by atoms with Crippen LogP contribution in [0.4, 0.5) is 14.5 Å². The minimum atomic E-state index is -1.15. The maximum atomic E-state index is 13.3. The van der Waals surface area contributed by atoms with Crippen molar-refractivity contribution < 1.29 is 23.0 Å². The second-order valence-corrected chi connectivity index (χ2v) is 5.94. The fourth-order valence-corrected chi connectivity index (χ4v) is 2.70. The summed E-state index contributed by atoms with van der Waals surface area (Å²) in [5, 5.41) is 2.38. The summed E-state index contributed by atoms with van der Waals surface area (Å²) in [6.07, 6.45) is 0. The Balaban J connectivity index is 1.90. The van der Waals surface area contributed by atoms with E-state index in [4.69, 9.17) is 21.1 Å². The molecular formula is C15H9BrClF2NO3. The molecule has 4 nitrogen and oxygen atoms in total. The number of rotatable bonds is 2. The lowest BCUT2D eigenvalue weighted by molar-refractivity contribution is 0.102. The van der Waals surface area contributed by atoms with Crippen molar-refractivity contribution in [2.75, 3.05) is 18.5 Å². The Bertz CT molecular complexity index is 801. The molecule has 0 atom stereocenters. The van der Waals surface area contributed by atoms with E-state index in [-0.39, 0.29) is 10.6 Å². The second-order valence-electron chi connectivity index (χ2n) is 4.68. The average Bonchev–Trinajstić information content (AvgIpc) is 2.51. The molecule has 2 aromatic carbocycles. The lowest BCUT2D eigenvalue weighted by atomic mass is 10.2. The largest absolute Gasteiger partial charge is 0.486 e. The first-order valence-electron chi connectivity index (χ1n) is 6.51. The van der Waals surface area contributed by atoms with Crippen LogP contribution in [0.1, 0.15) is 10.4 Å². The molecule has 120 valence electrons. The number of carbonyl (C=O) groups excluding carboxylic acids is 1. The zero-order chi connectivity index (χ0) is 16.6. The van der Waals surface area contributed by atoms with E-state index in [1.165, 1.54) is 0 Å². The summed E-state index contributed by atoms with van der Waals surface area (Å²) >= 11 is 9.10. The van der Waals surface area contributed by atoms with Gasteiger partial charge < -0.3 is 14.8 Å². The van der Waals surface area contributed by atoms with E-state index in [1.807, 2.05) is 0 Å². The van der Waals surface area contributed by atoms with Crippen LogP contribution in [0.3, 0.4) is 0 Å². The summed E-state index contributed by atoms with van der Waals surface area (Å²) in [5.74, 6) is -1.92. The van der Waals surface area contributed by atoms with Gasteiger partial charge in [-0.1, -0.05) is 11.6 Å². The zero-order valence-electron chi connectivity index (χ0n) is 11.5. The van der Waals surface area contributed by atoms with Gasteiger partial charge in [-0.05, 0) is 28.1 Å². The maximum Gasteiger partial charge on any atom is 0.257 e. The molecule has 1 aliphatic heterocycles. The van der Waals surface area contributed by atoms with E-state index in [2.05, 4.69) is 21.2 Å². The van der Waals surface area contributed by atoms with E-state index in [1.54, 1.807) is 12.1 Å². The van der Waals surface area contributed by atoms with Gasteiger partial charge in [-0.2, -0.15) is 0 Å². The van der Waals surface area contributed by atoms with Crippen LogP contribution >= 0.6 is 27.5 Å². The predicted octanol–water partition coefficient (Wildman–Crippen LogP) is 4.40. The maximum absolute atomic E-state index is 13.3. The highest BCUT2D eigenvalue weighted by atomic mass is 79.9. The van der Waals surface area contributed by atoms with Crippen LogP contribution in [-0.4, -0.2) is 19.1 Å². The summed E-state index contributed by atoms with van der Waals surface area (Å²) in [4.78, 5) is 12.2. The monoisotopic (exact) mass is 403 g/mol. The van der Waals surface area contributed by atoms with Crippen LogP contribution < -0.4 is 14.8 Å². The van der Waals surface area contributed by atoms with E-state index in [9.17, 15) is 13.6 Å². The molecule has 0 aromatic heterocycles. The SMILES string of the molecule is O=C(Nc1cc2c(cc1Br)OCCO2)c1cc(F)c(F)cc1Cl. The third kappa shape index (κ3) is 3.25. The minimum Gasteiger partial charge on any atom is -0.486 e. The Hall–Kier alpha value is -1.86. The van der Waals surface area contributed by atoms with Gasteiger partial charge in [-0.25, -0.2) is 8.78 Å². The second kappa shape index (κ2) is 6.33. The lowest BCUT2D eigenvalue weighted by Gasteiger charge is -2.20. The summed E-state index contributed by atoms with van der Waals surface area (Å²) in [6, 6.07) is 4.73. The first-order valence-corrected chi connectivity index (χ1v) is 7.68. The molecule has 23 heavy (non-hydrogen) atoms. The molecule has 8 heteroatoms. The quantitative estimate of drug-likeness (QED) is 0.755. The van der Waals surface area contributed by atoms with Gasteiger partial charge in [0.15, 0.2) is 23.1 Å². The van der Waals surface area contributed by atoms with E-state index >= 15 is 0 Å². The summed E-state index contributed by atoms with van der Waals surface area (Å²) in [7, 11) is 0. The smallest absolute Gasteiger partial charge is 0.257 e. The van der Waals surface area contributed by atoms with Gasteiger partial charge in [0, 0.05) is 16.6 Å². The van der Waals surface area contributed by atoms with Gasteiger partial charge in [-0.3, -0.25) is 4.79 Å². The van der Waals surface area contributed by atoms with Crippen molar-refractivity contribution in [2.45, 2.75) is 0 Å². The van der Waals surface area contributed by atoms with Gasteiger partial charge in [0.2, 0.25) is 0 Å². The summed E-state index contributed by atoms with van der Waals surface area (Å²) < 4.78 is 37.8. The number of anilines is 1. The van der Waals surface area contributed by atoms with E-state index in [0.717, 1.165) is 12.1 Å². The van der Waals surface area contributed by atoms with Gasteiger partial charge >= 0.3 is 0 Å². The topological polar surface area (TPSA) is 47.6 Å². The number of hydrogen-bond acceptors (Lipinski definition) is 3. The van der Waals surface area contributed by atoms with Crippen molar-refractivity contribution in [3.8, 4) is 11.5 Å². The Morgan fingerprint density at radius 3 is 2.39 bits per heavy atom. The Kier molecular flexibility index (Phi) is 4.41. The van der Waals surface area contributed by atoms with Crippen molar-refractivity contribution >= 4 is 39.1 Å². The molecule has 0 bridgehead atoms. The molecule has 1 N–H and O–H groups in total. The first-order chi connectivity index (χ1) is 11.0. The fraction of sp³-hybridized carbons (Fsp3) is 0.133. The number of amides is 1. The van der Waals surface area contributed by atoms with E-state index in [0.29, 0.717) is 34.9 Å². The number of hydrogen-bond donors (Lipinski definition) is 1. The Morgan fingerprint density at radius 1 is 1.09 bits per heavy atom. The van der Waals surface area contributed by atoms with Crippen molar-refractivity contribution in [3.05, 3.63) is 51.0 Å². The zero-order valence-corrected chi connectivity index (χ0v) is 13.8. The Morgan fingerprint density at radius 2 is 1.70 bits per heavy atom. The van der Waals surface area contributed by atoms with Crippen molar-refractivity contribution in [1.29, 1.82) is 0 Å². The molecule has 0 fully saturated rings. The molecule has 0 unspecified atom stereocenters. The number of benzene rings is 2. The summed E-state index contributed by atoms with van der Waals surface area (Å²) in [5.41, 5.74) is 0.215. The van der Waals surface area contributed by atoms with Gasteiger partial charge in [0.1, 0.15) is 13.2 Å². The highest BCUT2D eigenvalue weighted by Crippen LogP contribution is 2.38. The van der Waals surface area contributed by atoms with Crippen LogP contribution in [0.25, 0.3) is 0 Å². The van der Waals surface area contributed by atoms with Gasteiger partial charge in [0.25, 0.3) is 5.91 Å². The van der Waals surface area contributed by atoms with Crippen LogP contribution in [0, 0.1) is 11.6 Å². The van der Waals surface area contributed by atoms with E-state index < -0.39 is 17.5 Å². The number of halogens is 4. The van der Waals surface area contributed by atoms with Crippen LogP contribution in [0.15, 0.2) is 28.7 Å². The fourth-order valence-electron chi connectivity index (χ4n) is 2.05. The number of fused-ring (bicyclic) bond motifs is 1. The van der Waals surface area contributed by atoms with Crippen molar-refractivity contribution in [3.63, 3.8) is 0 Å². The molecule has 0 saturated heterocycles. The standard InChI is InChI=1S/C15H9BrClF2NO3/c16-8-4-13-14(23-2-1-22-13)6-12(8)20-15(21)7-3-10(18)11(19)5-9(7)17/h3-6H,1-2H2,(H,20,21). The number of ether oxygens (including phenoxy) is 2. The molecule has 2 aromatic rings. The summed E-state index contributed by atoms with van der Waals surface area (Å²) in [6.45, 7) is 0.840. The van der Waals surface area contributed by atoms with Gasteiger partial charge in [0.05, 0.1) is 16.3 Å². The molecule has 1 heterocycles. The third-order valence-electron chi connectivity index (χ3n) is 3.13. The molecule has 0 saturated carbocycles. The average molecular weight is 405 g/mol. The third-order valence-corrected chi connectivity index (χ3v) is 4.10. The molecule has 3 rings (SSSR count). The van der Waals surface area contributed by atoms with Crippen molar-refractivity contribution in [2.24, 2.45) is 0 Å². The molecule has 1 amide bonds. The highest BCUT2D eigenvalue weighted by Gasteiger charge is 2.19. The molecule has 0 spiro atoms. The first kappa shape index (κ1) is 16.0. The minimum absolute atomic E-state index is 0.174. The molecule has 1 aliphatic rings. The number of nitrogens with one attached hydrogen (secondary N) is 1. The Labute approximate surface area is 143 Å². The lowest BCUT2D eigenvalue weighted by Crippen LogP contribution is -2.17. The van der Waals surface area contributed by atoms with Crippen molar-refractivity contribution in [1.82, 2.24) is 0 Å². The highest BCUT2D eigenvalue weighted by molar-refractivity contribution is 9.10. The molecular weight excluding hydrogens is 396 g/mol. The normalized spacial score (nSPS) is 12.9. The van der Waals surface area contributed by atoms with Crippen LogP contribution in [0.5, 0.6) is 11.5 Å². The van der Waals surface area contributed by atoms with Gasteiger partial charge in [-0.15, -0.1) is 0 Å². The number of carbonyl (C=O) groups is 1. The molecule has 0 aliphatic carbocycles. The predicted molar refractivity (Wildman–Crippen MR) is 84.5 cm³/mol.